The Hall–Kier alpha value is -1.71. The fraction of sp³-hybridized carbons (Fsp3) is 0.636. The van der Waals surface area contributed by atoms with E-state index in [0.29, 0.717) is 36.4 Å². The van der Waals surface area contributed by atoms with Gasteiger partial charge in [0.15, 0.2) is 11.8 Å². The zero-order chi connectivity index (χ0) is 20.3. The van der Waals surface area contributed by atoms with Gasteiger partial charge in [0, 0.05) is 31.7 Å². The zero-order valence-corrected chi connectivity index (χ0v) is 20.5. The zero-order valence-electron chi connectivity index (χ0n) is 18.1. The molecule has 2 aromatic heterocycles. The highest BCUT2D eigenvalue weighted by atomic mass is 127. The van der Waals surface area contributed by atoms with Crippen molar-refractivity contribution in [2.45, 2.75) is 71.3 Å². The summed E-state index contributed by atoms with van der Waals surface area (Å²) in [6.45, 7) is 5.77. The summed E-state index contributed by atoms with van der Waals surface area (Å²) in [5.41, 5.74) is 0.691. The van der Waals surface area contributed by atoms with Crippen LogP contribution in [0.2, 0.25) is 0 Å². The smallest absolute Gasteiger partial charge is 0.276 e. The number of pyridine rings is 1. The third-order valence-corrected chi connectivity index (χ3v) is 5.42. The quantitative estimate of drug-likeness (QED) is 0.282. The lowest BCUT2D eigenvalue weighted by molar-refractivity contribution is 0.322. The second kappa shape index (κ2) is 13.6. The molecule has 7 nitrogen and oxygen atoms in total. The van der Waals surface area contributed by atoms with Crippen LogP contribution in [-0.4, -0.2) is 40.2 Å². The molecule has 1 atom stereocenters. The van der Waals surface area contributed by atoms with Crippen LogP contribution in [0.1, 0.15) is 64.6 Å². The number of aromatic nitrogens is 3. The predicted molar refractivity (Wildman–Crippen MR) is 131 cm³/mol. The first kappa shape index (κ1) is 24.6. The molecule has 1 fully saturated rings. The molecule has 2 N–H and O–H groups in total. The van der Waals surface area contributed by atoms with E-state index in [-0.39, 0.29) is 24.0 Å². The highest BCUT2D eigenvalue weighted by Crippen LogP contribution is 2.27. The maximum Gasteiger partial charge on any atom is 0.276 e. The van der Waals surface area contributed by atoms with Gasteiger partial charge in [-0.15, -0.1) is 24.0 Å². The van der Waals surface area contributed by atoms with Gasteiger partial charge in [0.2, 0.25) is 0 Å². The van der Waals surface area contributed by atoms with Gasteiger partial charge in [0.05, 0.1) is 0 Å². The van der Waals surface area contributed by atoms with E-state index in [2.05, 4.69) is 44.6 Å². The molecule has 1 aliphatic carbocycles. The fourth-order valence-corrected chi connectivity index (χ4v) is 3.80. The molecule has 0 aliphatic heterocycles. The van der Waals surface area contributed by atoms with Gasteiger partial charge in [-0.05, 0) is 44.7 Å². The number of nitrogens with zero attached hydrogens (tertiary/aromatic N) is 4. The summed E-state index contributed by atoms with van der Waals surface area (Å²) in [4.78, 5) is 13.3. The minimum absolute atomic E-state index is 0. The lowest BCUT2D eigenvalue weighted by atomic mass is 9.85. The lowest BCUT2D eigenvalue weighted by Crippen LogP contribution is -2.42. The molecule has 166 valence electrons. The summed E-state index contributed by atoms with van der Waals surface area (Å²) in [5, 5.41) is 10.9. The molecule has 2 heterocycles. The summed E-state index contributed by atoms with van der Waals surface area (Å²) >= 11 is 0. The largest absolute Gasteiger partial charge is 0.357 e. The minimum atomic E-state index is 0. The van der Waals surface area contributed by atoms with E-state index < -0.39 is 0 Å². The normalized spacial score (nSPS) is 16.0. The predicted octanol–water partition coefficient (Wildman–Crippen LogP) is 4.60. The van der Waals surface area contributed by atoms with Crippen LogP contribution in [0.5, 0.6) is 0 Å². The molecule has 0 saturated heterocycles. The Morgan fingerprint density at radius 1 is 1.27 bits per heavy atom. The van der Waals surface area contributed by atoms with Crippen LogP contribution in [0.3, 0.4) is 0 Å². The second-order valence-corrected chi connectivity index (χ2v) is 7.87. The number of hydrogen-bond acceptors (Lipinski definition) is 5. The van der Waals surface area contributed by atoms with Crippen molar-refractivity contribution in [2.24, 2.45) is 10.9 Å². The van der Waals surface area contributed by atoms with E-state index in [9.17, 15) is 0 Å². The summed E-state index contributed by atoms with van der Waals surface area (Å²) in [6.07, 6.45) is 11.9. The van der Waals surface area contributed by atoms with Crippen molar-refractivity contribution >= 4 is 29.9 Å². The first-order chi connectivity index (χ1) is 14.2. The molecule has 1 aliphatic rings. The molecule has 8 heteroatoms. The topological polar surface area (TPSA) is 88.2 Å². The van der Waals surface area contributed by atoms with Crippen molar-refractivity contribution in [3.8, 4) is 11.6 Å². The molecule has 2 aromatic rings. The first-order valence-electron chi connectivity index (χ1n) is 11.0. The Balaban J connectivity index is 0.00000320. The third kappa shape index (κ3) is 8.20. The Morgan fingerprint density at radius 2 is 2.10 bits per heavy atom. The van der Waals surface area contributed by atoms with Crippen molar-refractivity contribution in [1.82, 2.24) is 25.8 Å². The molecule has 0 aromatic carbocycles. The molecule has 1 unspecified atom stereocenters. The Labute approximate surface area is 197 Å². The fourth-order valence-electron chi connectivity index (χ4n) is 3.80. The van der Waals surface area contributed by atoms with Crippen molar-refractivity contribution in [2.75, 3.05) is 13.1 Å². The molecular weight excluding hydrogens is 491 g/mol. The maximum absolute atomic E-state index is 5.31. The molecule has 3 rings (SSSR count). The van der Waals surface area contributed by atoms with Gasteiger partial charge in [0.25, 0.3) is 5.89 Å². The minimum Gasteiger partial charge on any atom is -0.357 e. The average molecular weight is 526 g/mol. The summed E-state index contributed by atoms with van der Waals surface area (Å²) in [6, 6.07) is 6.04. The lowest BCUT2D eigenvalue weighted by Gasteiger charge is -2.24. The average Bonchev–Trinajstić information content (AvgIpc) is 3.23. The van der Waals surface area contributed by atoms with E-state index in [1.54, 1.807) is 6.20 Å². The number of halogens is 1. The molecule has 30 heavy (non-hydrogen) atoms. The van der Waals surface area contributed by atoms with Crippen LogP contribution < -0.4 is 10.6 Å². The Kier molecular flexibility index (Phi) is 11.1. The van der Waals surface area contributed by atoms with Crippen molar-refractivity contribution < 1.29 is 4.52 Å². The Morgan fingerprint density at radius 3 is 2.83 bits per heavy atom. The number of rotatable bonds is 9. The highest BCUT2D eigenvalue weighted by Gasteiger charge is 2.15. The molecule has 0 spiro atoms. The van der Waals surface area contributed by atoms with Crippen LogP contribution in [0.15, 0.2) is 33.9 Å². The molecule has 0 amide bonds. The monoisotopic (exact) mass is 526 g/mol. The SMILES string of the molecule is CCNC(=NCCc1noc(-c2ccccn2)n1)NC(C)CCC1CCCCC1.I. The molecule has 0 bridgehead atoms. The van der Waals surface area contributed by atoms with Gasteiger partial charge >= 0.3 is 0 Å². The van der Waals surface area contributed by atoms with E-state index in [1.165, 1.54) is 44.9 Å². The van der Waals surface area contributed by atoms with Gasteiger partial charge in [-0.1, -0.05) is 43.3 Å². The number of nitrogens with one attached hydrogen (secondary N) is 2. The highest BCUT2D eigenvalue weighted by molar-refractivity contribution is 14.0. The van der Waals surface area contributed by atoms with E-state index in [1.807, 2.05) is 18.2 Å². The van der Waals surface area contributed by atoms with Gasteiger partial charge in [-0.25, -0.2) is 0 Å². The molecule has 0 radical (unpaired) electrons. The standard InChI is InChI=1S/C22H34N6O.HI/c1-3-23-22(26-17(2)12-13-18-9-5-4-6-10-18)25-16-14-20-27-21(29-28-20)19-11-7-8-15-24-19;/h7-8,11,15,17-18H,3-6,9-10,12-14,16H2,1-2H3,(H2,23,25,26);1H. The first-order valence-corrected chi connectivity index (χ1v) is 11.0. The van der Waals surface area contributed by atoms with Crippen LogP contribution in [0, 0.1) is 5.92 Å². The van der Waals surface area contributed by atoms with Gasteiger partial charge in [-0.2, -0.15) is 4.98 Å². The van der Waals surface area contributed by atoms with Crippen molar-refractivity contribution in [3.63, 3.8) is 0 Å². The van der Waals surface area contributed by atoms with Crippen LogP contribution >= 0.6 is 24.0 Å². The van der Waals surface area contributed by atoms with E-state index in [4.69, 9.17) is 4.52 Å². The van der Waals surface area contributed by atoms with Gasteiger partial charge in [0.1, 0.15) is 5.69 Å². The van der Waals surface area contributed by atoms with E-state index >= 15 is 0 Å². The summed E-state index contributed by atoms with van der Waals surface area (Å²) in [7, 11) is 0. The van der Waals surface area contributed by atoms with Crippen LogP contribution in [0.25, 0.3) is 11.6 Å². The number of guanidine groups is 1. The maximum atomic E-state index is 5.31. The van der Waals surface area contributed by atoms with Crippen molar-refractivity contribution in [1.29, 1.82) is 0 Å². The summed E-state index contributed by atoms with van der Waals surface area (Å²) < 4.78 is 5.31. The summed E-state index contributed by atoms with van der Waals surface area (Å²) in [5.74, 6) is 2.87. The second-order valence-electron chi connectivity index (χ2n) is 7.87. The molecular formula is C22H35IN6O. The van der Waals surface area contributed by atoms with Gasteiger partial charge in [-0.3, -0.25) is 9.98 Å². The third-order valence-electron chi connectivity index (χ3n) is 5.42. The Bertz CT molecular complexity index is 745. The van der Waals surface area contributed by atoms with Crippen molar-refractivity contribution in [3.05, 3.63) is 30.2 Å². The van der Waals surface area contributed by atoms with Crippen LogP contribution in [-0.2, 0) is 6.42 Å². The number of hydrogen-bond donors (Lipinski definition) is 2. The molecule has 1 saturated carbocycles. The number of aliphatic imine (C=N–C) groups is 1. The van der Waals surface area contributed by atoms with Crippen LogP contribution in [0.4, 0.5) is 0 Å². The van der Waals surface area contributed by atoms with E-state index in [0.717, 1.165) is 18.4 Å². The van der Waals surface area contributed by atoms with Gasteiger partial charge < -0.3 is 15.2 Å².